The summed E-state index contributed by atoms with van der Waals surface area (Å²) in [6, 6.07) is 8.97. The molecule has 0 aliphatic rings. The van der Waals surface area contributed by atoms with Gasteiger partial charge in [-0.15, -0.1) is 0 Å². The number of carbonyl (C=O) groups excluding carboxylic acids is 1. The van der Waals surface area contributed by atoms with E-state index in [9.17, 15) is 4.79 Å². The van der Waals surface area contributed by atoms with E-state index in [1.807, 2.05) is 45.0 Å². The van der Waals surface area contributed by atoms with Crippen molar-refractivity contribution in [2.75, 3.05) is 26.6 Å². The molecular formula is C24H30N3O5+. The third-order valence-electron chi connectivity index (χ3n) is 5.42. The highest BCUT2D eigenvalue weighted by atomic mass is 16.5. The summed E-state index contributed by atoms with van der Waals surface area (Å²) in [7, 11) is 4.76. The van der Waals surface area contributed by atoms with E-state index in [1.165, 1.54) is 0 Å². The first-order valence-electron chi connectivity index (χ1n) is 10.3. The summed E-state index contributed by atoms with van der Waals surface area (Å²) in [4.78, 5) is 12.6. The zero-order valence-corrected chi connectivity index (χ0v) is 19.3. The smallest absolute Gasteiger partial charge is 0.282 e. The molecule has 1 amide bonds. The molecule has 1 atom stereocenters. The Hall–Kier alpha value is -3.52. The second-order valence-electron chi connectivity index (χ2n) is 7.86. The highest BCUT2D eigenvalue weighted by Crippen LogP contribution is 2.40. The van der Waals surface area contributed by atoms with Crippen molar-refractivity contribution >= 4 is 11.6 Å². The Kier molecular flexibility index (Phi) is 7.05. The molecule has 0 saturated carbocycles. The summed E-state index contributed by atoms with van der Waals surface area (Å²) in [5.74, 6) is 1.77. The molecule has 0 aliphatic heterocycles. The summed E-state index contributed by atoms with van der Waals surface area (Å²) >= 11 is 0. The van der Waals surface area contributed by atoms with Gasteiger partial charge in [0, 0.05) is 17.0 Å². The van der Waals surface area contributed by atoms with Gasteiger partial charge < -0.3 is 29.8 Å². The Labute approximate surface area is 187 Å². The maximum atomic E-state index is 12.6. The van der Waals surface area contributed by atoms with Gasteiger partial charge in [0.2, 0.25) is 0 Å². The van der Waals surface area contributed by atoms with E-state index in [0.29, 0.717) is 28.6 Å². The van der Waals surface area contributed by atoms with E-state index in [-0.39, 0.29) is 17.9 Å². The predicted molar refractivity (Wildman–Crippen MR) is 122 cm³/mol. The van der Waals surface area contributed by atoms with Crippen LogP contribution in [0.3, 0.4) is 0 Å². The van der Waals surface area contributed by atoms with Gasteiger partial charge in [0.05, 0.1) is 27.0 Å². The topological polar surface area (TPSA) is 110 Å². The third-order valence-corrected chi connectivity index (χ3v) is 5.42. The fourth-order valence-corrected chi connectivity index (χ4v) is 3.44. The zero-order valence-electron chi connectivity index (χ0n) is 19.3. The van der Waals surface area contributed by atoms with Gasteiger partial charge in [-0.2, -0.15) is 0 Å². The van der Waals surface area contributed by atoms with E-state index in [1.54, 1.807) is 33.7 Å². The van der Waals surface area contributed by atoms with Crippen molar-refractivity contribution in [3.8, 4) is 39.6 Å². The third kappa shape index (κ3) is 4.55. The molecule has 3 aromatic rings. The minimum absolute atomic E-state index is 0.113. The Bertz CT molecular complexity index is 1110. The number of aromatic nitrogens is 1. The van der Waals surface area contributed by atoms with E-state index in [2.05, 4.69) is 16.2 Å². The second-order valence-corrected chi connectivity index (χ2v) is 7.86. The van der Waals surface area contributed by atoms with Gasteiger partial charge in [-0.25, -0.2) is 0 Å². The van der Waals surface area contributed by atoms with Crippen molar-refractivity contribution in [1.29, 1.82) is 0 Å². The lowest BCUT2D eigenvalue weighted by Gasteiger charge is -2.16. The molecule has 3 rings (SSSR count). The molecule has 0 saturated heterocycles. The lowest BCUT2D eigenvalue weighted by molar-refractivity contribution is -0.412. The molecule has 0 radical (unpaired) electrons. The van der Waals surface area contributed by atoms with Gasteiger partial charge in [-0.1, -0.05) is 25.1 Å². The van der Waals surface area contributed by atoms with Crippen LogP contribution in [-0.2, 0) is 4.79 Å². The number of carbonyl (C=O) groups is 1. The first-order valence-corrected chi connectivity index (χ1v) is 10.3. The van der Waals surface area contributed by atoms with Crippen LogP contribution in [0.25, 0.3) is 22.4 Å². The van der Waals surface area contributed by atoms with Crippen molar-refractivity contribution in [2.45, 2.75) is 26.8 Å². The number of amides is 1. The Morgan fingerprint density at radius 1 is 1.03 bits per heavy atom. The number of ether oxygens (including phenoxy) is 3. The highest BCUT2D eigenvalue weighted by molar-refractivity contribution is 5.96. The average molecular weight is 441 g/mol. The molecule has 0 spiro atoms. The largest absolute Gasteiger partial charge is 0.495 e. The minimum atomic E-state index is -0.385. The number of quaternary nitrogens is 1. The maximum Gasteiger partial charge on any atom is 0.282 e. The molecule has 1 heterocycles. The van der Waals surface area contributed by atoms with Crippen LogP contribution in [0.15, 0.2) is 41.1 Å². The SMILES string of the molecule is COc1ccc(-c2conc2-c2cc(C)c(OC)c(OC)c2)cc1NC(=O)C([NH3+])C(C)C. The van der Waals surface area contributed by atoms with Gasteiger partial charge in [-0.05, 0) is 42.3 Å². The quantitative estimate of drug-likeness (QED) is 0.554. The monoisotopic (exact) mass is 440 g/mol. The molecule has 8 nitrogen and oxygen atoms in total. The summed E-state index contributed by atoms with van der Waals surface area (Å²) in [6.45, 7) is 5.86. The zero-order chi connectivity index (χ0) is 23.4. The van der Waals surface area contributed by atoms with E-state index in [4.69, 9.17) is 18.7 Å². The van der Waals surface area contributed by atoms with E-state index >= 15 is 0 Å². The van der Waals surface area contributed by atoms with Crippen LogP contribution < -0.4 is 25.3 Å². The van der Waals surface area contributed by atoms with Crippen molar-refractivity contribution < 1.29 is 29.3 Å². The van der Waals surface area contributed by atoms with Crippen LogP contribution >= 0.6 is 0 Å². The lowest BCUT2D eigenvalue weighted by atomic mass is 9.99. The first-order chi connectivity index (χ1) is 15.3. The first kappa shape index (κ1) is 23.1. The lowest BCUT2D eigenvalue weighted by Crippen LogP contribution is -2.68. The van der Waals surface area contributed by atoms with Crippen molar-refractivity contribution in [1.82, 2.24) is 5.16 Å². The summed E-state index contributed by atoms with van der Waals surface area (Å²) in [5.41, 5.74) is 8.47. The molecule has 1 unspecified atom stereocenters. The summed E-state index contributed by atoms with van der Waals surface area (Å²) in [5, 5.41) is 7.15. The fraction of sp³-hybridized carbons (Fsp3) is 0.333. The van der Waals surface area contributed by atoms with Crippen molar-refractivity contribution in [3.05, 3.63) is 42.2 Å². The predicted octanol–water partition coefficient (Wildman–Crippen LogP) is 3.55. The molecule has 4 N–H and O–H groups in total. The molecule has 1 aromatic heterocycles. The summed E-state index contributed by atoms with van der Waals surface area (Å²) in [6.07, 6.45) is 1.58. The number of nitrogens with one attached hydrogen (secondary N) is 1. The highest BCUT2D eigenvalue weighted by Gasteiger charge is 2.23. The normalized spacial score (nSPS) is 11.9. The molecule has 170 valence electrons. The molecule has 0 bridgehead atoms. The van der Waals surface area contributed by atoms with Gasteiger partial charge in [0.15, 0.2) is 17.5 Å². The number of aryl methyl sites for hydroxylation is 1. The van der Waals surface area contributed by atoms with Crippen LogP contribution in [0, 0.1) is 12.8 Å². The number of rotatable bonds is 8. The van der Waals surface area contributed by atoms with Crippen molar-refractivity contribution in [2.24, 2.45) is 5.92 Å². The van der Waals surface area contributed by atoms with Gasteiger partial charge in [0.1, 0.15) is 17.7 Å². The number of hydrogen-bond acceptors (Lipinski definition) is 6. The molecule has 8 heteroatoms. The van der Waals surface area contributed by atoms with Crippen LogP contribution in [-0.4, -0.2) is 38.4 Å². The van der Waals surface area contributed by atoms with Crippen LogP contribution in [0.2, 0.25) is 0 Å². The number of anilines is 1. The van der Waals surface area contributed by atoms with Crippen LogP contribution in [0.5, 0.6) is 17.2 Å². The van der Waals surface area contributed by atoms with Crippen LogP contribution in [0.4, 0.5) is 5.69 Å². The van der Waals surface area contributed by atoms with Crippen LogP contribution in [0.1, 0.15) is 19.4 Å². The minimum Gasteiger partial charge on any atom is -0.495 e. The number of benzene rings is 2. The average Bonchev–Trinajstić information content (AvgIpc) is 3.27. The molecule has 0 aliphatic carbocycles. The standard InChI is InChI=1S/C24H29N3O5/c1-13(2)21(25)24(28)26-18-10-15(7-8-19(18)29-4)17-12-32-27-22(17)16-9-14(3)23(31-6)20(11-16)30-5/h7-13,21H,25H2,1-6H3,(H,26,28)/p+1. The molecular weight excluding hydrogens is 410 g/mol. The molecule has 2 aromatic carbocycles. The van der Waals surface area contributed by atoms with Gasteiger partial charge in [-0.3, -0.25) is 4.79 Å². The number of hydrogen-bond donors (Lipinski definition) is 2. The Morgan fingerprint density at radius 2 is 1.75 bits per heavy atom. The fourth-order valence-electron chi connectivity index (χ4n) is 3.44. The number of nitrogens with zero attached hydrogens (tertiary/aromatic N) is 1. The van der Waals surface area contributed by atoms with E-state index in [0.717, 1.165) is 22.3 Å². The number of methoxy groups -OCH3 is 3. The van der Waals surface area contributed by atoms with Crippen molar-refractivity contribution in [3.63, 3.8) is 0 Å². The Balaban J connectivity index is 2.04. The molecule has 32 heavy (non-hydrogen) atoms. The second kappa shape index (κ2) is 9.74. The maximum absolute atomic E-state index is 12.6. The van der Waals surface area contributed by atoms with E-state index < -0.39 is 0 Å². The Morgan fingerprint density at radius 3 is 2.38 bits per heavy atom. The molecule has 0 fully saturated rings. The van der Waals surface area contributed by atoms with Gasteiger partial charge in [0.25, 0.3) is 5.91 Å². The summed E-state index contributed by atoms with van der Waals surface area (Å²) < 4.78 is 21.7. The van der Waals surface area contributed by atoms with Gasteiger partial charge >= 0.3 is 0 Å².